The predicted molar refractivity (Wildman–Crippen MR) is 87.5 cm³/mol. The van der Waals surface area contributed by atoms with Gasteiger partial charge in [0.15, 0.2) is 11.5 Å². The molecule has 0 atom stereocenters. The van der Waals surface area contributed by atoms with Gasteiger partial charge in [0.2, 0.25) is 0 Å². The van der Waals surface area contributed by atoms with Crippen molar-refractivity contribution in [1.29, 1.82) is 0 Å². The Morgan fingerprint density at radius 1 is 0.810 bits per heavy atom. The van der Waals surface area contributed by atoms with Gasteiger partial charge in [-0.1, -0.05) is 12.1 Å². The highest BCUT2D eigenvalue weighted by atomic mass is 16.5. The first-order valence-electron chi connectivity index (χ1n) is 7.07. The van der Waals surface area contributed by atoms with Gasteiger partial charge in [0, 0.05) is 12.2 Å². The van der Waals surface area contributed by atoms with Crippen molar-refractivity contribution in [2.24, 2.45) is 0 Å². The maximum atomic E-state index is 5.33. The van der Waals surface area contributed by atoms with Crippen LogP contribution in [0.15, 0.2) is 30.3 Å². The van der Waals surface area contributed by atoms with Gasteiger partial charge in [-0.15, -0.1) is 0 Å². The van der Waals surface area contributed by atoms with E-state index in [1.165, 1.54) is 22.4 Å². The Morgan fingerprint density at radius 3 is 2.14 bits per heavy atom. The topological polar surface area (TPSA) is 30.5 Å². The van der Waals surface area contributed by atoms with E-state index in [1.54, 1.807) is 14.2 Å². The number of methoxy groups -OCH3 is 2. The molecule has 2 aromatic rings. The third kappa shape index (κ3) is 3.48. The summed E-state index contributed by atoms with van der Waals surface area (Å²) in [7, 11) is 3.30. The van der Waals surface area contributed by atoms with E-state index in [4.69, 9.17) is 9.47 Å². The largest absolute Gasteiger partial charge is 0.493 e. The van der Waals surface area contributed by atoms with Crippen molar-refractivity contribution in [3.05, 3.63) is 52.6 Å². The lowest BCUT2D eigenvalue weighted by molar-refractivity contribution is 0.354. The summed E-state index contributed by atoms with van der Waals surface area (Å²) in [6, 6.07) is 10.4. The fourth-order valence-corrected chi connectivity index (χ4v) is 2.34. The van der Waals surface area contributed by atoms with E-state index in [0.29, 0.717) is 0 Å². The van der Waals surface area contributed by atoms with Crippen molar-refractivity contribution in [2.75, 3.05) is 19.5 Å². The average molecular weight is 285 g/mol. The van der Waals surface area contributed by atoms with Gasteiger partial charge in [0.05, 0.1) is 14.2 Å². The zero-order valence-electron chi connectivity index (χ0n) is 13.4. The zero-order valence-corrected chi connectivity index (χ0v) is 13.4. The first kappa shape index (κ1) is 15.2. The molecule has 2 rings (SSSR count). The maximum absolute atomic E-state index is 5.33. The Morgan fingerprint density at radius 2 is 1.48 bits per heavy atom. The minimum Gasteiger partial charge on any atom is -0.493 e. The first-order chi connectivity index (χ1) is 10.0. The number of ether oxygens (including phenoxy) is 2. The van der Waals surface area contributed by atoms with Gasteiger partial charge in [-0.2, -0.15) is 0 Å². The molecular formula is C18H23NO2. The van der Waals surface area contributed by atoms with Gasteiger partial charge < -0.3 is 14.8 Å². The van der Waals surface area contributed by atoms with Crippen molar-refractivity contribution >= 4 is 5.69 Å². The lowest BCUT2D eigenvalue weighted by Gasteiger charge is -2.14. The van der Waals surface area contributed by atoms with Crippen LogP contribution in [0.1, 0.15) is 22.3 Å². The number of hydrogen-bond donors (Lipinski definition) is 1. The lowest BCUT2D eigenvalue weighted by Crippen LogP contribution is -2.03. The van der Waals surface area contributed by atoms with Crippen molar-refractivity contribution in [3.63, 3.8) is 0 Å². The molecule has 0 spiro atoms. The Balaban J connectivity index is 2.15. The monoisotopic (exact) mass is 285 g/mol. The first-order valence-corrected chi connectivity index (χ1v) is 7.07. The molecule has 0 fully saturated rings. The fraction of sp³-hybridized carbons (Fsp3) is 0.333. The molecule has 3 heteroatoms. The molecule has 0 aliphatic rings. The normalized spacial score (nSPS) is 10.3. The molecule has 0 saturated carbocycles. The van der Waals surface area contributed by atoms with Gasteiger partial charge in [-0.3, -0.25) is 0 Å². The SMILES string of the molecule is COc1ccc(CNc2cc(C)c(C)cc2C)cc1OC. The third-order valence-corrected chi connectivity index (χ3v) is 3.77. The molecule has 0 aromatic heterocycles. The second-order valence-corrected chi connectivity index (χ2v) is 5.29. The summed E-state index contributed by atoms with van der Waals surface area (Å²) in [6.45, 7) is 7.16. The quantitative estimate of drug-likeness (QED) is 0.891. The van der Waals surface area contributed by atoms with Crippen LogP contribution < -0.4 is 14.8 Å². The number of benzene rings is 2. The van der Waals surface area contributed by atoms with Crippen LogP contribution in [0.25, 0.3) is 0 Å². The summed E-state index contributed by atoms with van der Waals surface area (Å²) in [6.07, 6.45) is 0. The van der Waals surface area contributed by atoms with Gasteiger partial charge in [0.25, 0.3) is 0 Å². The van der Waals surface area contributed by atoms with E-state index in [9.17, 15) is 0 Å². The molecule has 0 aliphatic carbocycles. The molecule has 0 bridgehead atoms. The van der Waals surface area contributed by atoms with E-state index in [-0.39, 0.29) is 0 Å². The fourth-order valence-electron chi connectivity index (χ4n) is 2.34. The van der Waals surface area contributed by atoms with Gasteiger partial charge in [-0.25, -0.2) is 0 Å². The molecular weight excluding hydrogens is 262 g/mol. The second kappa shape index (κ2) is 6.53. The number of hydrogen-bond acceptors (Lipinski definition) is 3. The summed E-state index contributed by atoms with van der Waals surface area (Å²) < 4.78 is 10.6. The Bertz CT molecular complexity index is 635. The lowest BCUT2D eigenvalue weighted by atomic mass is 10.0. The number of rotatable bonds is 5. The average Bonchev–Trinajstić information content (AvgIpc) is 2.49. The highest BCUT2D eigenvalue weighted by molar-refractivity contribution is 5.55. The Kier molecular flexibility index (Phi) is 4.73. The molecule has 1 N–H and O–H groups in total. The van der Waals surface area contributed by atoms with Crippen LogP contribution in [-0.2, 0) is 6.54 Å². The zero-order chi connectivity index (χ0) is 15.4. The van der Waals surface area contributed by atoms with Crippen LogP contribution in [0.2, 0.25) is 0 Å². The molecule has 0 unspecified atom stereocenters. The van der Waals surface area contributed by atoms with Gasteiger partial charge in [0.1, 0.15) is 0 Å². The maximum Gasteiger partial charge on any atom is 0.161 e. The van der Waals surface area contributed by atoms with Crippen molar-refractivity contribution in [1.82, 2.24) is 0 Å². The van der Waals surface area contributed by atoms with Crippen molar-refractivity contribution in [3.8, 4) is 11.5 Å². The van der Waals surface area contributed by atoms with Gasteiger partial charge >= 0.3 is 0 Å². The van der Waals surface area contributed by atoms with Gasteiger partial charge in [-0.05, 0) is 61.2 Å². The van der Waals surface area contributed by atoms with E-state index in [0.717, 1.165) is 23.6 Å². The number of nitrogens with one attached hydrogen (secondary N) is 1. The standard InChI is InChI=1S/C18H23NO2/c1-12-8-14(3)16(9-13(12)2)19-11-15-6-7-17(20-4)18(10-15)21-5/h6-10,19H,11H2,1-5H3. The summed E-state index contributed by atoms with van der Waals surface area (Å²) in [5.74, 6) is 1.51. The summed E-state index contributed by atoms with van der Waals surface area (Å²) >= 11 is 0. The Hall–Kier alpha value is -2.16. The molecule has 112 valence electrons. The summed E-state index contributed by atoms with van der Waals surface area (Å²) in [5, 5.41) is 3.49. The molecule has 0 saturated heterocycles. The number of anilines is 1. The van der Waals surface area contributed by atoms with E-state index in [2.05, 4.69) is 38.2 Å². The molecule has 21 heavy (non-hydrogen) atoms. The van der Waals surface area contributed by atoms with Crippen LogP contribution >= 0.6 is 0 Å². The minimum atomic E-state index is 0.753. The van der Waals surface area contributed by atoms with E-state index in [1.807, 2.05) is 18.2 Å². The second-order valence-electron chi connectivity index (χ2n) is 5.29. The molecule has 3 nitrogen and oxygen atoms in total. The molecule has 0 radical (unpaired) electrons. The van der Waals surface area contributed by atoms with Crippen LogP contribution in [0.5, 0.6) is 11.5 Å². The highest BCUT2D eigenvalue weighted by Gasteiger charge is 2.06. The van der Waals surface area contributed by atoms with Crippen LogP contribution in [0.4, 0.5) is 5.69 Å². The summed E-state index contributed by atoms with van der Waals surface area (Å²) in [4.78, 5) is 0. The molecule has 0 heterocycles. The Labute approximate surface area is 126 Å². The van der Waals surface area contributed by atoms with Crippen molar-refractivity contribution in [2.45, 2.75) is 27.3 Å². The molecule has 2 aromatic carbocycles. The van der Waals surface area contributed by atoms with Crippen LogP contribution in [0.3, 0.4) is 0 Å². The van der Waals surface area contributed by atoms with E-state index < -0.39 is 0 Å². The summed E-state index contributed by atoms with van der Waals surface area (Å²) in [5.41, 5.74) is 6.22. The highest BCUT2D eigenvalue weighted by Crippen LogP contribution is 2.28. The van der Waals surface area contributed by atoms with E-state index >= 15 is 0 Å². The van der Waals surface area contributed by atoms with Crippen LogP contribution in [0, 0.1) is 20.8 Å². The minimum absolute atomic E-state index is 0.753. The van der Waals surface area contributed by atoms with Crippen molar-refractivity contribution < 1.29 is 9.47 Å². The predicted octanol–water partition coefficient (Wildman–Crippen LogP) is 4.24. The molecule has 0 amide bonds. The molecule has 0 aliphatic heterocycles. The number of aryl methyl sites for hydroxylation is 3. The third-order valence-electron chi connectivity index (χ3n) is 3.77. The van der Waals surface area contributed by atoms with Crippen LogP contribution in [-0.4, -0.2) is 14.2 Å². The smallest absolute Gasteiger partial charge is 0.161 e.